The van der Waals surface area contributed by atoms with E-state index in [1.54, 1.807) is 7.11 Å². The van der Waals surface area contributed by atoms with Gasteiger partial charge in [-0.05, 0) is 20.4 Å². The van der Waals surface area contributed by atoms with Crippen LogP contribution in [0, 0.1) is 6.92 Å². The lowest BCUT2D eigenvalue weighted by Crippen LogP contribution is -2.32. The topological polar surface area (TPSA) is 50.3 Å². The molecule has 1 heterocycles. The summed E-state index contributed by atoms with van der Waals surface area (Å²) in [7, 11) is 3.58. The molecule has 0 aromatic carbocycles. The van der Waals surface area contributed by atoms with Gasteiger partial charge in [0, 0.05) is 25.7 Å². The summed E-state index contributed by atoms with van der Waals surface area (Å²) in [5, 5.41) is 3.15. The number of aromatic nitrogens is 2. The summed E-state index contributed by atoms with van der Waals surface area (Å²) in [6.07, 6.45) is 1.09. The number of methoxy groups -OCH3 is 1. The smallest absolute Gasteiger partial charge is 0.218 e. The maximum Gasteiger partial charge on any atom is 0.218 e. The van der Waals surface area contributed by atoms with E-state index in [1.165, 1.54) is 0 Å². The zero-order chi connectivity index (χ0) is 12.7. The molecule has 5 nitrogen and oxygen atoms in total. The Bertz CT molecular complexity index is 343. The first-order valence-corrected chi connectivity index (χ1v) is 6.00. The van der Waals surface area contributed by atoms with Gasteiger partial charge in [-0.2, -0.15) is 4.98 Å². The summed E-state index contributed by atoms with van der Waals surface area (Å²) in [5.41, 5.74) is 0. The minimum absolute atomic E-state index is 0.623. The molecule has 0 saturated heterocycles. The molecule has 0 unspecified atom stereocenters. The van der Waals surface area contributed by atoms with Crippen molar-refractivity contribution in [3.05, 3.63) is 11.9 Å². The molecule has 0 radical (unpaired) electrons. The van der Waals surface area contributed by atoms with Crippen LogP contribution < -0.4 is 15.0 Å². The van der Waals surface area contributed by atoms with Crippen molar-refractivity contribution in [1.82, 2.24) is 15.3 Å². The fraction of sp³-hybridized carbons (Fsp3) is 0.667. The van der Waals surface area contributed by atoms with Crippen molar-refractivity contribution in [2.75, 3.05) is 38.7 Å². The molecule has 0 amide bonds. The van der Waals surface area contributed by atoms with Crippen molar-refractivity contribution in [3.63, 3.8) is 0 Å². The van der Waals surface area contributed by atoms with Gasteiger partial charge in [0.25, 0.3) is 0 Å². The van der Waals surface area contributed by atoms with Crippen LogP contribution in [-0.4, -0.2) is 43.8 Å². The van der Waals surface area contributed by atoms with Crippen molar-refractivity contribution in [2.45, 2.75) is 20.3 Å². The lowest BCUT2D eigenvalue weighted by molar-refractivity contribution is 0.395. The third kappa shape index (κ3) is 4.19. The molecule has 5 heteroatoms. The average molecular weight is 238 g/mol. The van der Waals surface area contributed by atoms with Crippen LogP contribution in [0.15, 0.2) is 6.07 Å². The minimum atomic E-state index is 0.623. The Morgan fingerprint density at radius 2 is 2.12 bits per heavy atom. The van der Waals surface area contributed by atoms with Crippen LogP contribution in [0.25, 0.3) is 0 Å². The second-order valence-corrected chi connectivity index (χ2v) is 3.91. The number of rotatable bonds is 7. The van der Waals surface area contributed by atoms with Crippen molar-refractivity contribution < 1.29 is 4.74 Å². The Morgan fingerprint density at radius 3 is 2.71 bits per heavy atom. The van der Waals surface area contributed by atoms with E-state index in [0.717, 1.165) is 37.7 Å². The number of hydrogen-bond donors (Lipinski definition) is 1. The van der Waals surface area contributed by atoms with Gasteiger partial charge in [0.15, 0.2) is 0 Å². The highest BCUT2D eigenvalue weighted by molar-refractivity contribution is 5.41. The highest BCUT2D eigenvalue weighted by Crippen LogP contribution is 2.17. The normalized spacial score (nSPS) is 10.4. The first-order valence-electron chi connectivity index (χ1n) is 6.00. The monoisotopic (exact) mass is 238 g/mol. The molecule has 0 fully saturated rings. The van der Waals surface area contributed by atoms with Gasteiger partial charge in [-0.3, -0.25) is 0 Å². The predicted octanol–water partition coefficient (Wildman–Crippen LogP) is 1.23. The summed E-state index contributed by atoms with van der Waals surface area (Å²) < 4.78 is 5.18. The molecule has 0 aliphatic heterocycles. The SMILES string of the molecule is CCCN(CCNC)c1cc(OC)nc(C)n1. The zero-order valence-electron chi connectivity index (χ0n) is 11.2. The van der Waals surface area contributed by atoms with Crippen molar-refractivity contribution in [2.24, 2.45) is 0 Å². The number of anilines is 1. The molecule has 1 aromatic heterocycles. The highest BCUT2D eigenvalue weighted by atomic mass is 16.5. The third-order valence-electron chi connectivity index (χ3n) is 2.46. The minimum Gasteiger partial charge on any atom is -0.481 e. The van der Waals surface area contributed by atoms with Gasteiger partial charge in [0.1, 0.15) is 11.6 Å². The Labute approximate surface area is 103 Å². The summed E-state index contributed by atoms with van der Waals surface area (Å²) >= 11 is 0. The van der Waals surface area contributed by atoms with Crippen LogP contribution in [0.2, 0.25) is 0 Å². The van der Waals surface area contributed by atoms with E-state index >= 15 is 0 Å². The van der Waals surface area contributed by atoms with Gasteiger partial charge < -0.3 is 15.0 Å². The van der Waals surface area contributed by atoms with E-state index in [2.05, 4.69) is 27.1 Å². The average Bonchev–Trinajstić information content (AvgIpc) is 2.33. The molecule has 0 aliphatic carbocycles. The lowest BCUT2D eigenvalue weighted by atomic mass is 10.3. The van der Waals surface area contributed by atoms with E-state index in [4.69, 9.17) is 4.74 Å². The molecular weight excluding hydrogens is 216 g/mol. The first kappa shape index (κ1) is 13.7. The second kappa shape index (κ2) is 7.06. The number of likely N-dealkylation sites (N-methyl/N-ethyl adjacent to an activating group) is 1. The highest BCUT2D eigenvalue weighted by Gasteiger charge is 2.09. The van der Waals surface area contributed by atoms with Gasteiger partial charge in [0.05, 0.1) is 7.11 Å². The second-order valence-electron chi connectivity index (χ2n) is 3.91. The molecule has 96 valence electrons. The third-order valence-corrected chi connectivity index (χ3v) is 2.46. The summed E-state index contributed by atoms with van der Waals surface area (Å²) in [6.45, 7) is 6.91. The first-order chi connectivity index (χ1) is 8.21. The standard InChI is InChI=1S/C12H22N4O/c1-5-7-16(8-6-13-3)11-9-12(17-4)15-10(2)14-11/h9,13H,5-8H2,1-4H3. The Kier molecular flexibility index (Phi) is 5.69. The van der Waals surface area contributed by atoms with Crippen molar-refractivity contribution >= 4 is 5.82 Å². The molecule has 17 heavy (non-hydrogen) atoms. The number of nitrogens with zero attached hydrogens (tertiary/aromatic N) is 3. The fourth-order valence-corrected chi connectivity index (χ4v) is 1.65. The van der Waals surface area contributed by atoms with Gasteiger partial charge in [-0.1, -0.05) is 6.92 Å². The Balaban J connectivity index is 2.87. The van der Waals surface area contributed by atoms with Crippen LogP contribution in [0.3, 0.4) is 0 Å². The van der Waals surface area contributed by atoms with Crippen LogP contribution in [0.5, 0.6) is 5.88 Å². The van der Waals surface area contributed by atoms with Crippen molar-refractivity contribution in [3.8, 4) is 5.88 Å². The van der Waals surface area contributed by atoms with Crippen LogP contribution in [0.4, 0.5) is 5.82 Å². The Hall–Kier alpha value is -1.36. The maximum atomic E-state index is 5.18. The summed E-state index contributed by atoms with van der Waals surface area (Å²) in [6, 6.07) is 1.89. The summed E-state index contributed by atoms with van der Waals surface area (Å²) in [4.78, 5) is 10.9. The predicted molar refractivity (Wildman–Crippen MR) is 69.8 cm³/mol. The van der Waals surface area contributed by atoms with E-state index in [1.807, 2.05) is 20.0 Å². The van der Waals surface area contributed by atoms with Gasteiger partial charge in [-0.15, -0.1) is 0 Å². The molecule has 1 aromatic rings. The number of aryl methyl sites for hydroxylation is 1. The van der Waals surface area contributed by atoms with Gasteiger partial charge in [0.2, 0.25) is 5.88 Å². The zero-order valence-corrected chi connectivity index (χ0v) is 11.2. The van der Waals surface area contributed by atoms with E-state index in [0.29, 0.717) is 5.88 Å². The number of ether oxygens (including phenoxy) is 1. The Morgan fingerprint density at radius 1 is 1.35 bits per heavy atom. The van der Waals surface area contributed by atoms with Crippen LogP contribution >= 0.6 is 0 Å². The number of nitrogens with one attached hydrogen (secondary N) is 1. The molecule has 0 aliphatic rings. The molecule has 1 rings (SSSR count). The van der Waals surface area contributed by atoms with Crippen molar-refractivity contribution in [1.29, 1.82) is 0 Å². The molecule has 0 saturated carbocycles. The lowest BCUT2D eigenvalue weighted by Gasteiger charge is -2.23. The molecular formula is C12H22N4O. The quantitative estimate of drug-likeness (QED) is 0.774. The largest absolute Gasteiger partial charge is 0.481 e. The number of hydrogen-bond acceptors (Lipinski definition) is 5. The molecule has 0 bridgehead atoms. The van der Waals surface area contributed by atoms with Crippen LogP contribution in [-0.2, 0) is 0 Å². The fourth-order valence-electron chi connectivity index (χ4n) is 1.65. The molecule has 0 spiro atoms. The van der Waals surface area contributed by atoms with E-state index in [-0.39, 0.29) is 0 Å². The van der Waals surface area contributed by atoms with Crippen LogP contribution in [0.1, 0.15) is 19.2 Å². The van der Waals surface area contributed by atoms with E-state index < -0.39 is 0 Å². The molecule has 0 atom stereocenters. The van der Waals surface area contributed by atoms with Gasteiger partial charge in [-0.25, -0.2) is 4.98 Å². The van der Waals surface area contributed by atoms with E-state index in [9.17, 15) is 0 Å². The van der Waals surface area contributed by atoms with Gasteiger partial charge >= 0.3 is 0 Å². The maximum absolute atomic E-state index is 5.18. The summed E-state index contributed by atoms with van der Waals surface area (Å²) in [5.74, 6) is 2.30. The molecule has 1 N–H and O–H groups in total.